The first-order chi connectivity index (χ1) is 13.2. The Morgan fingerprint density at radius 2 is 1.93 bits per heavy atom. The summed E-state index contributed by atoms with van der Waals surface area (Å²) in [6.45, 7) is 0.0349. The van der Waals surface area contributed by atoms with Gasteiger partial charge in [0.25, 0.3) is 5.91 Å². The molecule has 0 unspecified atom stereocenters. The number of halogens is 3. The topological polar surface area (TPSA) is 81.9 Å². The minimum atomic E-state index is -1.26. The summed E-state index contributed by atoms with van der Waals surface area (Å²) in [6, 6.07) is 3.36. The van der Waals surface area contributed by atoms with Crippen LogP contribution in [0, 0.1) is 27.6 Å². The zero-order valence-corrected chi connectivity index (χ0v) is 14.9. The van der Waals surface area contributed by atoms with Crippen molar-refractivity contribution in [2.24, 2.45) is 0 Å². The number of benzene rings is 2. The third-order valence-electron chi connectivity index (χ3n) is 4.15. The van der Waals surface area contributed by atoms with Gasteiger partial charge in [0.2, 0.25) is 11.6 Å². The van der Waals surface area contributed by atoms with Crippen molar-refractivity contribution in [2.45, 2.75) is 12.5 Å². The number of carbonyl (C=O) groups is 1. The molecule has 1 heterocycles. The van der Waals surface area contributed by atoms with Gasteiger partial charge in [-0.25, -0.2) is 8.78 Å². The molecule has 0 radical (unpaired) electrons. The molecule has 0 spiro atoms. The number of nitro benzene ring substituents is 1. The minimum Gasteiger partial charge on any atom is -0.493 e. The van der Waals surface area contributed by atoms with Crippen LogP contribution < -0.4 is 9.47 Å². The molecule has 0 saturated heterocycles. The number of hydrogen-bond acceptors (Lipinski definition) is 5. The molecule has 2 aromatic rings. The Hall–Kier alpha value is -3.30. The standard InChI is InChI=1S/C18H15F3N2O5/c1-22(2)18(24)9-5-12(21)17(23(25)26)15(6-9)28-13-3-4-27-14-8-10(19)7-11(20)16(13)14/h5-8,13H,3-4H2,1-2H3/t13-/m0/s1. The summed E-state index contributed by atoms with van der Waals surface area (Å²) >= 11 is 0. The van der Waals surface area contributed by atoms with Gasteiger partial charge in [-0.3, -0.25) is 14.9 Å². The number of rotatable bonds is 4. The predicted molar refractivity (Wildman–Crippen MR) is 90.9 cm³/mol. The highest BCUT2D eigenvalue weighted by molar-refractivity contribution is 5.94. The Bertz CT molecular complexity index is 965. The van der Waals surface area contributed by atoms with Crippen molar-refractivity contribution in [1.82, 2.24) is 4.90 Å². The lowest BCUT2D eigenvalue weighted by atomic mass is 10.0. The molecule has 2 aromatic carbocycles. The number of fused-ring (bicyclic) bond motifs is 1. The molecule has 0 fully saturated rings. The van der Waals surface area contributed by atoms with Gasteiger partial charge in [0.1, 0.15) is 23.5 Å². The van der Waals surface area contributed by atoms with Crippen LogP contribution >= 0.6 is 0 Å². The van der Waals surface area contributed by atoms with E-state index in [4.69, 9.17) is 9.47 Å². The molecule has 0 saturated carbocycles. The average Bonchev–Trinajstić information content (AvgIpc) is 2.59. The van der Waals surface area contributed by atoms with Crippen LogP contribution in [0.1, 0.15) is 28.4 Å². The van der Waals surface area contributed by atoms with Crippen molar-refractivity contribution in [1.29, 1.82) is 0 Å². The van der Waals surface area contributed by atoms with E-state index in [1.807, 2.05) is 0 Å². The number of ether oxygens (including phenoxy) is 2. The summed E-state index contributed by atoms with van der Waals surface area (Å²) in [5, 5.41) is 11.3. The molecule has 0 bridgehead atoms. The SMILES string of the molecule is CN(C)C(=O)c1cc(F)c([N+](=O)[O-])c(O[C@H]2CCOc3cc(F)cc(F)c32)c1. The lowest BCUT2D eigenvalue weighted by Crippen LogP contribution is -2.23. The molecule has 3 rings (SSSR count). The van der Waals surface area contributed by atoms with E-state index < -0.39 is 45.8 Å². The molecule has 1 aliphatic heterocycles. The second kappa shape index (κ2) is 7.37. The monoisotopic (exact) mass is 396 g/mol. The summed E-state index contributed by atoms with van der Waals surface area (Å²) < 4.78 is 52.8. The van der Waals surface area contributed by atoms with Crippen LogP contribution in [0.5, 0.6) is 11.5 Å². The fourth-order valence-electron chi connectivity index (χ4n) is 2.91. The quantitative estimate of drug-likeness (QED) is 0.582. The first kappa shape index (κ1) is 19.5. The number of hydrogen-bond donors (Lipinski definition) is 0. The van der Waals surface area contributed by atoms with Gasteiger partial charge in [-0.05, 0) is 6.07 Å². The molecule has 1 atom stereocenters. The third-order valence-corrected chi connectivity index (χ3v) is 4.15. The molecule has 0 N–H and O–H groups in total. The highest BCUT2D eigenvalue weighted by Crippen LogP contribution is 2.41. The largest absolute Gasteiger partial charge is 0.493 e. The molecule has 10 heteroatoms. The van der Waals surface area contributed by atoms with E-state index in [1.54, 1.807) is 0 Å². The van der Waals surface area contributed by atoms with Crippen molar-refractivity contribution in [3.05, 3.63) is 63.0 Å². The smallest absolute Gasteiger partial charge is 0.346 e. The van der Waals surface area contributed by atoms with Crippen LogP contribution in [0.2, 0.25) is 0 Å². The molecule has 1 amide bonds. The second-order valence-corrected chi connectivity index (χ2v) is 6.30. The lowest BCUT2D eigenvalue weighted by molar-refractivity contribution is -0.388. The maximum atomic E-state index is 14.3. The van der Waals surface area contributed by atoms with Crippen molar-refractivity contribution >= 4 is 11.6 Å². The Balaban J connectivity index is 2.08. The van der Waals surface area contributed by atoms with Gasteiger partial charge in [-0.2, -0.15) is 4.39 Å². The Kier molecular flexibility index (Phi) is 5.12. The Morgan fingerprint density at radius 1 is 1.21 bits per heavy atom. The highest BCUT2D eigenvalue weighted by Gasteiger charge is 2.32. The van der Waals surface area contributed by atoms with Gasteiger partial charge in [-0.1, -0.05) is 0 Å². The minimum absolute atomic E-state index is 0.0349. The molecular formula is C18H15F3N2O5. The van der Waals surface area contributed by atoms with Gasteiger partial charge in [0.15, 0.2) is 0 Å². The Morgan fingerprint density at radius 3 is 2.57 bits per heavy atom. The molecule has 0 aromatic heterocycles. The van der Waals surface area contributed by atoms with Crippen LogP contribution in [0.25, 0.3) is 0 Å². The van der Waals surface area contributed by atoms with Crippen molar-refractivity contribution in [2.75, 3.05) is 20.7 Å². The van der Waals surface area contributed by atoms with Crippen LogP contribution in [0.15, 0.2) is 24.3 Å². The fourth-order valence-corrected chi connectivity index (χ4v) is 2.91. The van der Waals surface area contributed by atoms with E-state index in [-0.39, 0.29) is 29.9 Å². The average molecular weight is 396 g/mol. The lowest BCUT2D eigenvalue weighted by Gasteiger charge is -2.27. The predicted octanol–water partition coefficient (Wildman–Crippen LogP) is 3.62. The molecular weight excluding hydrogens is 381 g/mol. The van der Waals surface area contributed by atoms with Gasteiger partial charge in [0, 0.05) is 44.3 Å². The van der Waals surface area contributed by atoms with Crippen LogP contribution in [-0.2, 0) is 0 Å². The van der Waals surface area contributed by atoms with E-state index in [9.17, 15) is 28.1 Å². The first-order valence-electron chi connectivity index (χ1n) is 8.17. The highest BCUT2D eigenvalue weighted by atomic mass is 19.1. The molecule has 148 valence electrons. The zero-order valence-electron chi connectivity index (χ0n) is 14.9. The second-order valence-electron chi connectivity index (χ2n) is 6.30. The third kappa shape index (κ3) is 3.57. The summed E-state index contributed by atoms with van der Waals surface area (Å²) in [6.07, 6.45) is -1.01. The molecule has 0 aliphatic carbocycles. The van der Waals surface area contributed by atoms with Gasteiger partial charge in [-0.15, -0.1) is 0 Å². The van der Waals surface area contributed by atoms with Gasteiger partial charge < -0.3 is 14.4 Å². The summed E-state index contributed by atoms with van der Waals surface area (Å²) in [7, 11) is 2.86. The zero-order chi connectivity index (χ0) is 20.6. The van der Waals surface area contributed by atoms with E-state index in [2.05, 4.69) is 0 Å². The maximum absolute atomic E-state index is 14.3. The van der Waals surface area contributed by atoms with Crippen LogP contribution in [0.3, 0.4) is 0 Å². The van der Waals surface area contributed by atoms with E-state index >= 15 is 0 Å². The normalized spacial score (nSPS) is 15.4. The van der Waals surface area contributed by atoms with E-state index in [0.717, 1.165) is 23.1 Å². The molecule has 1 aliphatic rings. The van der Waals surface area contributed by atoms with Gasteiger partial charge in [0.05, 0.1) is 17.1 Å². The van der Waals surface area contributed by atoms with Crippen LogP contribution in [0.4, 0.5) is 18.9 Å². The number of nitrogens with zero attached hydrogens (tertiary/aromatic N) is 2. The summed E-state index contributed by atoms with van der Waals surface area (Å²) in [5.74, 6) is -4.30. The van der Waals surface area contributed by atoms with Crippen molar-refractivity contribution in [3.8, 4) is 11.5 Å². The fraction of sp³-hybridized carbons (Fsp3) is 0.278. The van der Waals surface area contributed by atoms with Gasteiger partial charge >= 0.3 is 5.69 Å². The Labute approximate surface area is 157 Å². The summed E-state index contributed by atoms with van der Waals surface area (Å²) in [4.78, 5) is 23.6. The number of carbonyl (C=O) groups excluding carboxylic acids is 1. The molecule has 7 nitrogen and oxygen atoms in total. The number of nitro groups is 1. The van der Waals surface area contributed by atoms with E-state index in [0.29, 0.717) is 6.07 Å². The van der Waals surface area contributed by atoms with Crippen molar-refractivity contribution in [3.63, 3.8) is 0 Å². The van der Waals surface area contributed by atoms with Crippen molar-refractivity contribution < 1.29 is 32.4 Å². The first-order valence-corrected chi connectivity index (χ1v) is 8.17. The molecule has 28 heavy (non-hydrogen) atoms. The maximum Gasteiger partial charge on any atom is 0.346 e. The van der Waals surface area contributed by atoms with E-state index in [1.165, 1.54) is 14.1 Å². The summed E-state index contributed by atoms with van der Waals surface area (Å²) in [5.41, 5.74) is -1.28. The number of amides is 1. The van der Waals surface area contributed by atoms with Crippen LogP contribution in [-0.4, -0.2) is 36.4 Å².